The van der Waals surface area contributed by atoms with Crippen molar-refractivity contribution in [2.24, 2.45) is 5.92 Å². The van der Waals surface area contributed by atoms with Gasteiger partial charge in [0.2, 0.25) is 0 Å². The molecule has 3 aromatic rings. The van der Waals surface area contributed by atoms with Crippen molar-refractivity contribution >= 4 is 5.69 Å². The van der Waals surface area contributed by atoms with Crippen molar-refractivity contribution in [1.82, 2.24) is 0 Å². The van der Waals surface area contributed by atoms with Gasteiger partial charge in [-0.15, -0.1) is 0 Å². The molecule has 2 aliphatic rings. The van der Waals surface area contributed by atoms with Gasteiger partial charge >= 0.3 is 0 Å². The van der Waals surface area contributed by atoms with Crippen molar-refractivity contribution in [3.05, 3.63) is 95.6 Å². The maximum Gasteiger partial charge on any atom is 0.124 e. The first-order chi connectivity index (χ1) is 11.9. The summed E-state index contributed by atoms with van der Waals surface area (Å²) >= 11 is 0. The van der Waals surface area contributed by atoms with Gasteiger partial charge in [-0.2, -0.15) is 0 Å². The highest BCUT2D eigenvalue weighted by atomic mass is 16.5. The Morgan fingerprint density at radius 1 is 0.750 bits per heavy atom. The third-order valence-corrected chi connectivity index (χ3v) is 5.31. The maximum absolute atomic E-state index is 6.12. The van der Waals surface area contributed by atoms with Crippen molar-refractivity contribution in [1.29, 1.82) is 0 Å². The normalized spacial score (nSPS) is 23.9. The largest absolute Gasteiger partial charge is 0.493 e. The minimum atomic E-state index is 0.287. The fraction of sp³-hybridized carbons (Fsp3) is 0.182. The standard InChI is InChI=1S/C22H19NO/c1-2-8-15(9-3-1)21-16-10-4-6-12-19(16)23-22-17-11-5-7-13-20(17)24-14-18(21)22/h1-13,18,21-23H,14H2. The summed E-state index contributed by atoms with van der Waals surface area (Å²) in [6.45, 7) is 0.739. The van der Waals surface area contributed by atoms with Gasteiger partial charge in [0.1, 0.15) is 5.75 Å². The molecule has 2 heteroatoms. The van der Waals surface area contributed by atoms with Crippen molar-refractivity contribution in [3.8, 4) is 5.75 Å². The van der Waals surface area contributed by atoms with Gasteiger partial charge in [0, 0.05) is 23.1 Å². The highest BCUT2D eigenvalue weighted by Crippen LogP contribution is 2.51. The Balaban J connectivity index is 1.69. The number of anilines is 1. The van der Waals surface area contributed by atoms with Crippen LogP contribution in [0, 0.1) is 5.92 Å². The number of benzene rings is 3. The van der Waals surface area contributed by atoms with E-state index in [0.29, 0.717) is 11.8 Å². The summed E-state index contributed by atoms with van der Waals surface area (Å²) in [5.41, 5.74) is 5.24. The topological polar surface area (TPSA) is 21.3 Å². The van der Waals surface area contributed by atoms with Crippen LogP contribution in [0.25, 0.3) is 0 Å². The van der Waals surface area contributed by atoms with Gasteiger partial charge in [0.05, 0.1) is 12.6 Å². The average Bonchev–Trinajstić information content (AvgIpc) is 2.67. The molecule has 0 bridgehead atoms. The van der Waals surface area contributed by atoms with E-state index in [4.69, 9.17) is 4.74 Å². The maximum atomic E-state index is 6.12. The fourth-order valence-electron chi connectivity index (χ4n) is 4.24. The number of nitrogens with one attached hydrogen (secondary N) is 1. The summed E-state index contributed by atoms with van der Waals surface area (Å²) < 4.78 is 6.12. The molecule has 0 amide bonds. The van der Waals surface area contributed by atoms with Gasteiger partial charge in [0.15, 0.2) is 0 Å². The molecule has 118 valence electrons. The lowest BCUT2D eigenvalue weighted by Crippen LogP contribution is -2.38. The third kappa shape index (κ3) is 2.03. The van der Waals surface area contributed by atoms with Crippen LogP contribution in [0.5, 0.6) is 5.75 Å². The van der Waals surface area contributed by atoms with Crippen LogP contribution in [-0.2, 0) is 0 Å². The minimum Gasteiger partial charge on any atom is -0.493 e. The number of hydrogen-bond donors (Lipinski definition) is 1. The van der Waals surface area contributed by atoms with E-state index in [-0.39, 0.29) is 6.04 Å². The van der Waals surface area contributed by atoms with Crippen LogP contribution in [0.2, 0.25) is 0 Å². The molecule has 1 N–H and O–H groups in total. The molecule has 2 heterocycles. The summed E-state index contributed by atoms with van der Waals surface area (Å²) in [7, 11) is 0. The summed E-state index contributed by atoms with van der Waals surface area (Å²) in [6.07, 6.45) is 0. The zero-order chi connectivity index (χ0) is 15.9. The highest BCUT2D eigenvalue weighted by molar-refractivity contribution is 5.61. The van der Waals surface area contributed by atoms with E-state index in [1.165, 1.54) is 22.4 Å². The molecule has 0 spiro atoms. The van der Waals surface area contributed by atoms with Gasteiger partial charge in [-0.25, -0.2) is 0 Å². The Bertz CT molecular complexity index is 874. The second-order valence-electron chi connectivity index (χ2n) is 6.61. The Labute approximate surface area is 142 Å². The molecule has 24 heavy (non-hydrogen) atoms. The predicted octanol–water partition coefficient (Wildman–Crippen LogP) is 4.99. The Morgan fingerprint density at radius 2 is 1.46 bits per heavy atom. The quantitative estimate of drug-likeness (QED) is 0.683. The monoisotopic (exact) mass is 313 g/mol. The molecule has 3 atom stereocenters. The van der Waals surface area contributed by atoms with Crippen molar-refractivity contribution in [3.63, 3.8) is 0 Å². The molecular formula is C22H19NO. The second kappa shape index (κ2) is 5.41. The van der Waals surface area contributed by atoms with E-state index in [0.717, 1.165) is 12.4 Å². The summed E-state index contributed by atoms with van der Waals surface area (Å²) in [4.78, 5) is 0. The van der Waals surface area contributed by atoms with E-state index in [1.54, 1.807) is 0 Å². The SMILES string of the molecule is c1ccc(C2c3ccccc3NC3c4ccccc4OCC32)cc1. The van der Waals surface area contributed by atoms with Crippen LogP contribution < -0.4 is 10.1 Å². The van der Waals surface area contributed by atoms with Gasteiger partial charge in [-0.1, -0.05) is 66.7 Å². The van der Waals surface area contributed by atoms with E-state index in [9.17, 15) is 0 Å². The number of para-hydroxylation sites is 2. The van der Waals surface area contributed by atoms with E-state index >= 15 is 0 Å². The van der Waals surface area contributed by atoms with Crippen LogP contribution in [0.3, 0.4) is 0 Å². The zero-order valence-electron chi connectivity index (χ0n) is 13.4. The molecule has 0 aliphatic carbocycles. The van der Waals surface area contributed by atoms with Crippen LogP contribution in [-0.4, -0.2) is 6.61 Å². The Hall–Kier alpha value is -2.74. The van der Waals surface area contributed by atoms with Gasteiger partial charge in [0.25, 0.3) is 0 Å². The summed E-state index contributed by atoms with van der Waals surface area (Å²) in [5, 5.41) is 3.77. The highest BCUT2D eigenvalue weighted by Gasteiger charge is 2.41. The Kier molecular flexibility index (Phi) is 3.08. The van der Waals surface area contributed by atoms with Gasteiger partial charge < -0.3 is 10.1 Å². The van der Waals surface area contributed by atoms with Crippen molar-refractivity contribution in [2.75, 3.05) is 11.9 Å². The molecule has 2 aliphatic heterocycles. The molecule has 3 unspecified atom stereocenters. The molecule has 2 nitrogen and oxygen atoms in total. The number of hydrogen-bond acceptors (Lipinski definition) is 2. The molecule has 0 fully saturated rings. The number of rotatable bonds is 1. The predicted molar refractivity (Wildman–Crippen MR) is 96.5 cm³/mol. The molecular weight excluding hydrogens is 294 g/mol. The van der Waals surface area contributed by atoms with Crippen LogP contribution in [0.4, 0.5) is 5.69 Å². The average molecular weight is 313 g/mol. The lowest BCUT2D eigenvalue weighted by molar-refractivity contribution is 0.183. The van der Waals surface area contributed by atoms with Crippen LogP contribution in [0.1, 0.15) is 28.7 Å². The Morgan fingerprint density at radius 3 is 2.33 bits per heavy atom. The lowest BCUT2D eigenvalue weighted by atomic mass is 9.71. The molecule has 5 rings (SSSR count). The molecule has 3 aromatic carbocycles. The summed E-state index contributed by atoms with van der Waals surface area (Å²) in [5.74, 6) is 1.75. The molecule has 0 saturated heterocycles. The van der Waals surface area contributed by atoms with Gasteiger partial charge in [-0.3, -0.25) is 0 Å². The summed E-state index contributed by atoms with van der Waals surface area (Å²) in [6, 6.07) is 28.2. The lowest BCUT2D eigenvalue weighted by Gasteiger charge is -2.44. The molecule has 0 radical (unpaired) electrons. The number of ether oxygens (including phenoxy) is 1. The first kappa shape index (κ1) is 13.7. The van der Waals surface area contributed by atoms with Crippen LogP contribution >= 0.6 is 0 Å². The van der Waals surface area contributed by atoms with E-state index < -0.39 is 0 Å². The van der Waals surface area contributed by atoms with Crippen molar-refractivity contribution in [2.45, 2.75) is 12.0 Å². The fourth-order valence-corrected chi connectivity index (χ4v) is 4.24. The number of fused-ring (bicyclic) bond motifs is 4. The first-order valence-electron chi connectivity index (χ1n) is 8.54. The molecule has 0 saturated carbocycles. The van der Waals surface area contributed by atoms with Gasteiger partial charge in [-0.05, 0) is 23.3 Å². The van der Waals surface area contributed by atoms with Crippen molar-refractivity contribution < 1.29 is 4.74 Å². The third-order valence-electron chi connectivity index (χ3n) is 5.31. The smallest absolute Gasteiger partial charge is 0.124 e. The molecule has 0 aromatic heterocycles. The van der Waals surface area contributed by atoms with Crippen LogP contribution in [0.15, 0.2) is 78.9 Å². The zero-order valence-corrected chi connectivity index (χ0v) is 13.4. The second-order valence-corrected chi connectivity index (χ2v) is 6.61. The van der Waals surface area contributed by atoms with E-state index in [1.807, 2.05) is 6.07 Å². The van der Waals surface area contributed by atoms with E-state index in [2.05, 4.69) is 78.1 Å². The minimum absolute atomic E-state index is 0.287. The first-order valence-corrected chi connectivity index (χ1v) is 8.54.